The Morgan fingerprint density at radius 3 is 2.15 bits per heavy atom. The number of carbonyl (C=O) groups excluding carboxylic acids is 2. The Bertz CT molecular complexity index is 1380. The number of carbonyl (C=O) groups is 2. The molecule has 1 atom stereocenters. The van der Waals surface area contributed by atoms with Crippen LogP contribution in [0.1, 0.15) is 38.3 Å². The van der Waals surface area contributed by atoms with E-state index in [2.05, 4.69) is 5.32 Å². The van der Waals surface area contributed by atoms with Gasteiger partial charge in [-0.2, -0.15) is 0 Å². The van der Waals surface area contributed by atoms with Crippen molar-refractivity contribution >= 4 is 27.5 Å². The Kier molecular flexibility index (Phi) is 10.7. The summed E-state index contributed by atoms with van der Waals surface area (Å²) in [6.07, 6.45) is 0.728. The number of nitrogens with one attached hydrogen (secondary N) is 1. The molecule has 10 heteroatoms. The van der Waals surface area contributed by atoms with Crippen LogP contribution in [-0.2, 0) is 26.2 Å². The summed E-state index contributed by atoms with van der Waals surface area (Å²) in [5.74, 6) is -0.951. The number of sulfonamides is 1. The Balaban J connectivity index is 2.01. The molecule has 0 saturated carbocycles. The maximum Gasteiger partial charge on any atom is 0.264 e. The molecular formula is C30H36FN3O5S. The van der Waals surface area contributed by atoms with Gasteiger partial charge in [-0.3, -0.25) is 13.9 Å². The van der Waals surface area contributed by atoms with Gasteiger partial charge in [0.2, 0.25) is 11.8 Å². The molecule has 0 saturated heterocycles. The highest BCUT2D eigenvalue weighted by molar-refractivity contribution is 7.92. The number of aryl methyl sites for hydroxylation is 1. The van der Waals surface area contributed by atoms with Gasteiger partial charge >= 0.3 is 0 Å². The summed E-state index contributed by atoms with van der Waals surface area (Å²) in [5.41, 5.74) is 2.06. The molecule has 3 aromatic carbocycles. The van der Waals surface area contributed by atoms with E-state index in [0.717, 1.165) is 46.1 Å². The second kappa shape index (κ2) is 13.9. The second-order valence-electron chi connectivity index (χ2n) is 9.37. The van der Waals surface area contributed by atoms with Crippen LogP contribution >= 0.6 is 0 Å². The zero-order valence-corrected chi connectivity index (χ0v) is 24.1. The fraction of sp³-hybridized carbons (Fsp3) is 0.333. The number of halogens is 1. The lowest BCUT2D eigenvalue weighted by Gasteiger charge is -2.32. The van der Waals surface area contributed by atoms with E-state index in [-0.39, 0.29) is 23.0 Å². The van der Waals surface area contributed by atoms with E-state index < -0.39 is 34.3 Å². The topological polar surface area (TPSA) is 96.0 Å². The van der Waals surface area contributed by atoms with Gasteiger partial charge in [0.25, 0.3) is 10.0 Å². The highest BCUT2D eigenvalue weighted by Gasteiger charge is 2.32. The van der Waals surface area contributed by atoms with Gasteiger partial charge in [-0.25, -0.2) is 12.8 Å². The number of hydrogen-bond donors (Lipinski definition) is 1. The van der Waals surface area contributed by atoms with Crippen LogP contribution in [0.15, 0.2) is 77.7 Å². The van der Waals surface area contributed by atoms with E-state index in [1.54, 1.807) is 31.2 Å². The number of rotatable bonds is 13. The van der Waals surface area contributed by atoms with Crippen molar-refractivity contribution in [2.24, 2.45) is 0 Å². The predicted molar refractivity (Wildman–Crippen MR) is 153 cm³/mol. The summed E-state index contributed by atoms with van der Waals surface area (Å²) < 4.78 is 47.6. The molecule has 0 aliphatic heterocycles. The largest absolute Gasteiger partial charge is 0.494 e. The molecule has 8 nitrogen and oxygen atoms in total. The van der Waals surface area contributed by atoms with E-state index in [1.807, 2.05) is 45.0 Å². The minimum Gasteiger partial charge on any atom is -0.494 e. The maximum atomic E-state index is 13.9. The SMILES string of the molecule is CCCNC(=O)[C@@H](C)N(Cc1ccc(C)cc1)C(=O)CN(c1ccc(OCC)cc1)S(=O)(=O)c1ccc(F)cc1. The first-order chi connectivity index (χ1) is 19.1. The predicted octanol–water partition coefficient (Wildman–Crippen LogP) is 4.67. The van der Waals surface area contributed by atoms with Gasteiger partial charge in [-0.1, -0.05) is 36.8 Å². The number of hydrogen-bond acceptors (Lipinski definition) is 5. The lowest BCUT2D eigenvalue weighted by Crippen LogP contribution is -2.51. The van der Waals surface area contributed by atoms with Crippen LogP contribution in [-0.4, -0.2) is 50.9 Å². The number of ether oxygens (including phenoxy) is 1. The molecule has 0 fully saturated rings. The summed E-state index contributed by atoms with van der Waals surface area (Å²) in [6.45, 7) is 7.73. The van der Waals surface area contributed by atoms with Crippen LogP contribution in [0.2, 0.25) is 0 Å². The van der Waals surface area contributed by atoms with Gasteiger partial charge in [0.05, 0.1) is 17.2 Å². The van der Waals surface area contributed by atoms with E-state index in [9.17, 15) is 22.4 Å². The van der Waals surface area contributed by atoms with E-state index in [0.29, 0.717) is 18.9 Å². The fourth-order valence-corrected chi connectivity index (χ4v) is 5.42. The van der Waals surface area contributed by atoms with Crippen molar-refractivity contribution in [3.05, 3.63) is 89.7 Å². The van der Waals surface area contributed by atoms with Gasteiger partial charge in [0.1, 0.15) is 24.2 Å². The minimum absolute atomic E-state index is 0.105. The van der Waals surface area contributed by atoms with Gasteiger partial charge in [0.15, 0.2) is 0 Å². The quantitative estimate of drug-likeness (QED) is 0.323. The molecule has 214 valence electrons. The molecule has 0 aromatic heterocycles. The Morgan fingerprint density at radius 2 is 1.57 bits per heavy atom. The average molecular weight is 570 g/mol. The smallest absolute Gasteiger partial charge is 0.264 e. The summed E-state index contributed by atoms with van der Waals surface area (Å²) in [6, 6.07) is 17.4. The summed E-state index contributed by atoms with van der Waals surface area (Å²) >= 11 is 0. The zero-order valence-electron chi connectivity index (χ0n) is 23.3. The minimum atomic E-state index is -4.29. The molecular weight excluding hydrogens is 533 g/mol. The molecule has 40 heavy (non-hydrogen) atoms. The van der Waals surface area contributed by atoms with Crippen molar-refractivity contribution in [2.75, 3.05) is 24.0 Å². The summed E-state index contributed by atoms with van der Waals surface area (Å²) in [7, 11) is -4.29. The Hall–Kier alpha value is -3.92. The molecule has 3 rings (SSSR count). The van der Waals surface area contributed by atoms with Crippen molar-refractivity contribution in [3.63, 3.8) is 0 Å². The highest BCUT2D eigenvalue weighted by atomic mass is 32.2. The second-order valence-corrected chi connectivity index (χ2v) is 11.2. The van der Waals surface area contributed by atoms with Crippen molar-refractivity contribution in [1.82, 2.24) is 10.2 Å². The number of nitrogens with zero attached hydrogens (tertiary/aromatic N) is 2. The summed E-state index contributed by atoms with van der Waals surface area (Å²) in [5, 5.41) is 2.81. The third-order valence-electron chi connectivity index (χ3n) is 6.31. The van der Waals surface area contributed by atoms with Gasteiger partial charge < -0.3 is 15.0 Å². The average Bonchev–Trinajstić information content (AvgIpc) is 2.94. The maximum absolute atomic E-state index is 13.9. The molecule has 0 aliphatic carbocycles. The summed E-state index contributed by atoms with van der Waals surface area (Å²) in [4.78, 5) is 28.0. The first-order valence-corrected chi connectivity index (χ1v) is 14.6. The first kappa shape index (κ1) is 30.6. The van der Waals surface area contributed by atoms with E-state index in [4.69, 9.17) is 4.74 Å². The van der Waals surface area contributed by atoms with Crippen LogP contribution in [0.5, 0.6) is 5.75 Å². The molecule has 0 radical (unpaired) electrons. The monoisotopic (exact) mass is 569 g/mol. The molecule has 0 heterocycles. The van der Waals surface area contributed by atoms with Crippen LogP contribution in [0.3, 0.4) is 0 Å². The molecule has 1 N–H and O–H groups in total. The van der Waals surface area contributed by atoms with Crippen molar-refractivity contribution in [2.45, 2.75) is 51.6 Å². The molecule has 2 amide bonds. The number of anilines is 1. The highest BCUT2D eigenvalue weighted by Crippen LogP contribution is 2.27. The van der Waals surface area contributed by atoms with Crippen LogP contribution in [0, 0.1) is 12.7 Å². The van der Waals surface area contributed by atoms with Crippen molar-refractivity contribution < 1.29 is 27.1 Å². The molecule has 0 aliphatic rings. The van der Waals surface area contributed by atoms with Crippen LogP contribution < -0.4 is 14.4 Å². The number of amides is 2. The van der Waals surface area contributed by atoms with Gasteiger partial charge in [-0.05, 0) is 81.3 Å². The van der Waals surface area contributed by atoms with Crippen molar-refractivity contribution in [1.29, 1.82) is 0 Å². The standard InChI is InChI=1S/C30H36FN3O5S/c1-5-19-32-30(36)23(4)33(20-24-9-7-22(3)8-10-24)29(35)21-34(26-13-15-27(16-14-26)39-6-2)40(37,38)28-17-11-25(31)12-18-28/h7-18,23H,5-6,19-21H2,1-4H3,(H,32,36)/t23-/m1/s1. The molecule has 3 aromatic rings. The lowest BCUT2D eigenvalue weighted by molar-refractivity contribution is -0.139. The Morgan fingerprint density at radius 1 is 0.950 bits per heavy atom. The normalized spacial score (nSPS) is 11.9. The molecule has 0 bridgehead atoms. The van der Waals surface area contributed by atoms with Gasteiger partial charge in [-0.15, -0.1) is 0 Å². The van der Waals surface area contributed by atoms with E-state index in [1.165, 1.54) is 4.90 Å². The van der Waals surface area contributed by atoms with Gasteiger partial charge in [0, 0.05) is 13.1 Å². The number of benzene rings is 3. The zero-order chi connectivity index (χ0) is 29.3. The van der Waals surface area contributed by atoms with Crippen LogP contribution in [0.25, 0.3) is 0 Å². The fourth-order valence-electron chi connectivity index (χ4n) is 4.01. The lowest BCUT2D eigenvalue weighted by atomic mass is 10.1. The third-order valence-corrected chi connectivity index (χ3v) is 8.09. The molecule has 0 spiro atoms. The Labute approximate surface area is 235 Å². The molecule has 0 unspecified atom stereocenters. The van der Waals surface area contributed by atoms with E-state index >= 15 is 0 Å². The third kappa shape index (κ3) is 7.81. The van der Waals surface area contributed by atoms with Crippen LogP contribution in [0.4, 0.5) is 10.1 Å². The van der Waals surface area contributed by atoms with Crippen molar-refractivity contribution in [3.8, 4) is 5.75 Å². The first-order valence-electron chi connectivity index (χ1n) is 13.2.